The summed E-state index contributed by atoms with van der Waals surface area (Å²) in [6, 6.07) is 9.48. The van der Waals surface area contributed by atoms with Crippen LogP contribution < -0.4 is 10.2 Å². The maximum absolute atomic E-state index is 13.1. The number of piperazine rings is 1. The number of nitro groups is 1. The van der Waals surface area contributed by atoms with E-state index in [2.05, 4.69) is 32.0 Å². The van der Waals surface area contributed by atoms with E-state index in [0.717, 1.165) is 38.3 Å². The summed E-state index contributed by atoms with van der Waals surface area (Å²) in [5.41, 5.74) is 2.16. The van der Waals surface area contributed by atoms with Gasteiger partial charge in [-0.3, -0.25) is 10.1 Å². The highest BCUT2D eigenvalue weighted by molar-refractivity contribution is 5.94. The SMILES string of the molecule is CCN1CCN(c2cc3ncnc(NCc4ccc(F)cc4)c3cc2[N+](=O)[O-])CC1. The summed E-state index contributed by atoms with van der Waals surface area (Å²) in [5.74, 6) is 0.212. The molecule has 8 nitrogen and oxygen atoms in total. The van der Waals surface area contributed by atoms with Crippen LogP contribution in [0.2, 0.25) is 0 Å². The normalized spacial score (nSPS) is 14.8. The predicted octanol–water partition coefficient (Wildman–Crippen LogP) is 3.43. The largest absolute Gasteiger partial charge is 0.365 e. The van der Waals surface area contributed by atoms with E-state index >= 15 is 0 Å². The Morgan fingerprint density at radius 3 is 2.53 bits per heavy atom. The summed E-state index contributed by atoms with van der Waals surface area (Å²) >= 11 is 0. The lowest BCUT2D eigenvalue weighted by molar-refractivity contribution is -0.384. The van der Waals surface area contributed by atoms with Crippen molar-refractivity contribution < 1.29 is 9.31 Å². The van der Waals surface area contributed by atoms with E-state index in [4.69, 9.17) is 0 Å². The molecule has 1 saturated heterocycles. The molecule has 1 aromatic heterocycles. The van der Waals surface area contributed by atoms with Crippen molar-refractivity contribution in [1.82, 2.24) is 14.9 Å². The minimum atomic E-state index is -0.349. The van der Waals surface area contributed by atoms with Gasteiger partial charge in [-0.2, -0.15) is 0 Å². The summed E-state index contributed by atoms with van der Waals surface area (Å²) in [5, 5.41) is 15.6. The van der Waals surface area contributed by atoms with Gasteiger partial charge in [0.15, 0.2) is 0 Å². The molecule has 0 amide bonds. The van der Waals surface area contributed by atoms with Gasteiger partial charge in [-0.05, 0) is 30.3 Å². The summed E-state index contributed by atoms with van der Waals surface area (Å²) in [6.45, 7) is 6.73. The number of fused-ring (bicyclic) bond motifs is 1. The highest BCUT2D eigenvalue weighted by atomic mass is 19.1. The number of rotatable bonds is 6. The van der Waals surface area contributed by atoms with Crippen LogP contribution in [0.3, 0.4) is 0 Å². The number of nitrogens with zero attached hydrogens (tertiary/aromatic N) is 5. The number of hydrogen-bond acceptors (Lipinski definition) is 7. The first kappa shape index (κ1) is 20.0. The molecule has 2 heterocycles. The first-order valence-electron chi connectivity index (χ1n) is 9.94. The Hall–Kier alpha value is -3.33. The fourth-order valence-electron chi connectivity index (χ4n) is 3.71. The lowest BCUT2D eigenvalue weighted by atomic mass is 10.1. The molecule has 3 aromatic rings. The maximum atomic E-state index is 13.1. The van der Waals surface area contributed by atoms with Crippen LogP contribution in [0.15, 0.2) is 42.7 Å². The van der Waals surface area contributed by atoms with Crippen LogP contribution in [0.1, 0.15) is 12.5 Å². The molecule has 0 radical (unpaired) electrons. The average molecular weight is 410 g/mol. The summed E-state index contributed by atoms with van der Waals surface area (Å²) in [6.07, 6.45) is 1.44. The molecule has 0 saturated carbocycles. The van der Waals surface area contributed by atoms with Crippen molar-refractivity contribution in [3.05, 3.63) is 64.2 Å². The van der Waals surface area contributed by atoms with E-state index < -0.39 is 0 Å². The Labute approximate surface area is 173 Å². The van der Waals surface area contributed by atoms with Gasteiger partial charge in [-0.25, -0.2) is 14.4 Å². The zero-order chi connectivity index (χ0) is 21.1. The van der Waals surface area contributed by atoms with Crippen molar-refractivity contribution in [3.63, 3.8) is 0 Å². The lowest BCUT2D eigenvalue weighted by Crippen LogP contribution is -2.46. The van der Waals surface area contributed by atoms with E-state index in [0.29, 0.717) is 29.0 Å². The number of halogens is 1. The van der Waals surface area contributed by atoms with Crippen molar-refractivity contribution in [2.75, 3.05) is 42.9 Å². The Morgan fingerprint density at radius 1 is 1.13 bits per heavy atom. The second-order valence-electron chi connectivity index (χ2n) is 7.24. The molecule has 0 spiro atoms. The predicted molar refractivity (Wildman–Crippen MR) is 114 cm³/mol. The third kappa shape index (κ3) is 4.16. The smallest absolute Gasteiger partial charge is 0.293 e. The number of likely N-dealkylation sites (N-methyl/N-ethyl adjacent to an activating group) is 1. The quantitative estimate of drug-likeness (QED) is 0.492. The fourth-order valence-corrected chi connectivity index (χ4v) is 3.71. The highest BCUT2D eigenvalue weighted by Crippen LogP contribution is 2.35. The topological polar surface area (TPSA) is 87.4 Å². The molecule has 9 heteroatoms. The maximum Gasteiger partial charge on any atom is 0.293 e. The lowest BCUT2D eigenvalue weighted by Gasteiger charge is -2.35. The third-order valence-corrected chi connectivity index (χ3v) is 5.46. The van der Waals surface area contributed by atoms with Crippen LogP contribution in [-0.4, -0.2) is 52.5 Å². The van der Waals surface area contributed by atoms with Crippen LogP contribution in [0.4, 0.5) is 21.6 Å². The van der Waals surface area contributed by atoms with Gasteiger partial charge in [0.1, 0.15) is 23.6 Å². The summed E-state index contributed by atoms with van der Waals surface area (Å²) < 4.78 is 13.1. The number of benzene rings is 2. The zero-order valence-corrected chi connectivity index (χ0v) is 16.7. The van der Waals surface area contributed by atoms with Crippen LogP contribution >= 0.6 is 0 Å². The van der Waals surface area contributed by atoms with Gasteiger partial charge in [0.05, 0.1) is 10.4 Å². The number of nitro benzene ring substituents is 1. The summed E-state index contributed by atoms with van der Waals surface area (Å²) in [7, 11) is 0. The van der Waals surface area contributed by atoms with Crippen molar-refractivity contribution in [1.29, 1.82) is 0 Å². The van der Waals surface area contributed by atoms with Crippen molar-refractivity contribution in [3.8, 4) is 0 Å². The van der Waals surface area contributed by atoms with Gasteiger partial charge in [0.25, 0.3) is 5.69 Å². The van der Waals surface area contributed by atoms with E-state index in [1.165, 1.54) is 18.5 Å². The molecular formula is C21H23FN6O2. The Kier molecular flexibility index (Phi) is 5.71. The minimum Gasteiger partial charge on any atom is -0.365 e. The molecule has 1 aliphatic rings. The van der Waals surface area contributed by atoms with Crippen LogP contribution in [-0.2, 0) is 6.54 Å². The Bertz CT molecular complexity index is 1050. The molecule has 30 heavy (non-hydrogen) atoms. The van der Waals surface area contributed by atoms with E-state index in [-0.39, 0.29) is 16.4 Å². The average Bonchev–Trinajstić information content (AvgIpc) is 2.77. The molecule has 2 aromatic carbocycles. The number of hydrogen-bond donors (Lipinski definition) is 1. The first-order valence-corrected chi connectivity index (χ1v) is 9.94. The minimum absolute atomic E-state index is 0.0482. The van der Waals surface area contributed by atoms with Crippen LogP contribution in [0.5, 0.6) is 0 Å². The third-order valence-electron chi connectivity index (χ3n) is 5.46. The van der Waals surface area contributed by atoms with E-state index in [1.54, 1.807) is 24.3 Å². The van der Waals surface area contributed by atoms with Crippen molar-refractivity contribution in [2.45, 2.75) is 13.5 Å². The molecular weight excluding hydrogens is 387 g/mol. The Morgan fingerprint density at radius 2 is 1.87 bits per heavy atom. The zero-order valence-electron chi connectivity index (χ0n) is 16.7. The van der Waals surface area contributed by atoms with Crippen LogP contribution in [0.25, 0.3) is 10.9 Å². The van der Waals surface area contributed by atoms with Crippen molar-refractivity contribution >= 4 is 28.1 Å². The molecule has 1 fully saturated rings. The van der Waals surface area contributed by atoms with Crippen LogP contribution in [0, 0.1) is 15.9 Å². The molecule has 0 bridgehead atoms. The molecule has 0 aliphatic carbocycles. The molecule has 1 N–H and O–H groups in total. The number of aromatic nitrogens is 2. The van der Waals surface area contributed by atoms with Gasteiger partial charge < -0.3 is 15.1 Å². The fraction of sp³-hybridized carbons (Fsp3) is 0.333. The first-order chi connectivity index (χ1) is 14.5. The van der Waals surface area contributed by atoms with Gasteiger partial charge in [-0.15, -0.1) is 0 Å². The van der Waals surface area contributed by atoms with E-state index in [1.807, 2.05) is 0 Å². The van der Waals surface area contributed by atoms with Gasteiger partial charge in [0, 0.05) is 44.2 Å². The molecule has 156 valence electrons. The summed E-state index contributed by atoms with van der Waals surface area (Å²) in [4.78, 5) is 24.4. The molecule has 4 rings (SSSR count). The van der Waals surface area contributed by atoms with E-state index in [9.17, 15) is 14.5 Å². The second kappa shape index (κ2) is 8.58. The van der Waals surface area contributed by atoms with Gasteiger partial charge >= 0.3 is 0 Å². The standard InChI is InChI=1S/C21H23FN6O2/c1-2-26-7-9-27(10-8-26)19-12-18-17(11-20(19)28(29)30)21(25-14-24-18)23-13-15-3-5-16(22)6-4-15/h3-6,11-12,14H,2,7-10,13H2,1H3,(H,23,24,25). The monoisotopic (exact) mass is 410 g/mol. The Balaban J connectivity index is 1.65. The van der Waals surface area contributed by atoms with Crippen molar-refractivity contribution in [2.24, 2.45) is 0 Å². The van der Waals surface area contributed by atoms with Gasteiger partial charge in [-0.1, -0.05) is 19.1 Å². The highest BCUT2D eigenvalue weighted by Gasteiger charge is 2.25. The molecule has 0 atom stereocenters. The second-order valence-corrected chi connectivity index (χ2v) is 7.24. The number of anilines is 2. The van der Waals surface area contributed by atoms with Gasteiger partial charge in [0.2, 0.25) is 0 Å². The molecule has 1 aliphatic heterocycles. The molecule has 0 unspecified atom stereocenters. The number of nitrogens with one attached hydrogen (secondary N) is 1.